The standard InChI is InChI=1S/C17H24N6O2/c1-11(17-19-15(21-25-17)12-5-6-12)22-8-3-4-13(10-22)23-9-7-14(20-23)16(24)18-2/h7,9,11-13H,3-6,8,10H2,1-2H3,(H,18,24)/t11-,13-/m1/s1. The summed E-state index contributed by atoms with van der Waals surface area (Å²) in [6, 6.07) is 2.11. The third-order valence-corrected chi connectivity index (χ3v) is 5.18. The summed E-state index contributed by atoms with van der Waals surface area (Å²) in [7, 11) is 1.62. The van der Waals surface area contributed by atoms with Crippen molar-refractivity contribution in [1.82, 2.24) is 30.1 Å². The van der Waals surface area contributed by atoms with Crippen molar-refractivity contribution in [2.45, 2.75) is 50.6 Å². The van der Waals surface area contributed by atoms with Crippen LogP contribution in [0.15, 0.2) is 16.8 Å². The lowest BCUT2D eigenvalue weighted by atomic mass is 10.0. The highest BCUT2D eigenvalue weighted by atomic mass is 16.5. The number of nitrogens with zero attached hydrogens (tertiary/aromatic N) is 5. The summed E-state index contributed by atoms with van der Waals surface area (Å²) in [4.78, 5) is 18.7. The summed E-state index contributed by atoms with van der Waals surface area (Å²) in [5.41, 5.74) is 0.457. The Bertz CT molecular complexity index is 750. The fourth-order valence-electron chi connectivity index (χ4n) is 3.42. The van der Waals surface area contributed by atoms with E-state index in [1.54, 1.807) is 13.1 Å². The monoisotopic (exact) mass is 344 g/mol. The zero-order valence-corrected chi connectivity index (χ0v) is 14.7. The van der Waals surface area contributed by atoms with Crippen LogP contribution in [0.4, 0.5) is 0 Å². The van der Waals surface area contributed by atoms with Gasteiger partial charge in [0.2, 0.25) is 5.89 Å². The van der Waals surface area contributed by atoms with E-state index in [0.29, 0.717) is 17.5 Å². The zero-order valence-electron chi connectivity index (χ0n) is 14.7. The maximum Gasteiger partial charge on any atom is 0.271 e. The molecule has 3 heterocycles. The number of aromatic nitrogens is 4. The van der Waals surface area contributed by atoms with Gasteiger partial charge in [0.25, 0.3) is 5.91 Å². The van der Waals surface area contributed by atoms with Gasteiger partial charge in [-0.25, -0.2) is 0 Å². The summed E-state index contributed by atoms with van der Waals surface area (Å²) in [5.74, 6) is 1.91. The quantitative estimate of drug-likeness (QED) is 0.891. The Morgan fingerprint density at radius 3 is 3.00 bits per heavy atom. The highest BCUT2D eigenvalue weighted by Gasteiger charge is 2.32. The Morgan fingerprint density at radius 1 is 1.40 bits per heavy atom. The number of likely N-dealkylation sites (tertiary alicyclic amines) is 1. The Kier molecular flexibility index (Phi) is 4.29. The van der Waals surface area contributed by atoms with Crippen molar-refractivity contribution in [1.29, 1.82) is 0 Å². The number of piperidine rings is 1. The normalized spacial score (nSPS) is 22.7. The highest BCUT2D eigenvalue weighted by molar-refractivity contribution is 5.91. The molecule has 1 saturated carbocycles. The molecule has 2 aromatic heterocycles. The van der Waals surface area contributed by atoms with E-state index in [2.05, 4.69) is 32.4 Å². The fraction of sp³-hybridized carbons (Fsp3) is 0.647. The molecule has 0 radical (unpaired) electrons. The molecule has 2 aliphatic rings. The summed E-state index contributed by atoms with van der Waals surface area (Å²) in [5, 5.41) is 11.2. The minimum atomic E-state index is -0.154. The largest absolute Gasteiger partial charge is 0.354 e. The van der Waals surface area contributed by atoms with E-state index < -0.39 is 0 Å². The molecule has 4 rings (SSSR count). The molecule has 8 heteroatoms. The van der Waals surface area contributed by atoms with Crippen LogP contribution in [-0.2, 0) is 0 Å². The number of hydrogen-bond donors (Lipinski definition) is 1. The van der Waals surface area contributed by atoms with Crippen molar-refractivity contribution in [3.8, 4) is 0 Å². The molecule has 1 aliphatic carbocycles. The Labute approximate surface area is 146 Å². The molecule has 1 aliphatic heterocycles. The SMILES string of the molecule is CNC(=O)c1ccn([C@@H]2CCCN([C@H](C)c3nc(C4CC4)no3)C2)n1. The molecule has 1 saturated heterocycles. The highest BCUT2D eigenvalue weighted by Crippen LogP contribution is 2.39. The van der Waals surface area contributed by atoms with E-state index in [1.807, 2.05) is 10.9 Å². The van der Waals surface area contributed by atoms with Crippen molar-refractivity contribution in [2.75, 3.05) is 20.1 Å². The number of carbonyl (C=O) groups excluding carboxylic acids is 1. The molecule has 0 unspecified atom stereocenters. The first-order valence-corrected chi connectivity index (χ1v) is 9.00. The van der Waals surface area contributed by atoms with Gasteiger partial charge in [0.1, 0.15) is 5.69 Å². The van der Waals surface area contributed by atoms with Crippen molar-refractivity contribution in [3.05, 3.63) is 29.7 Å². The minimum Gasteiger partial charge on any atom is -0.354 e. The lowest BCUT2D eigenvalue weighted by Crippen LogP contribution is -2.38. The van der Waals surface area contributed by atoms with E-state index in [9.17, 15) is 4.79 Å². The predicted molar refractivity (Wildman–Crippen MR) is 90.1 cm³/mol. The zero-order chi connectivity index (χ0) is 17.4. The van der Waals surface area contributed by atoms with Crippen molar-refractivity contribution >= 4 is 5.91 Å². The number of nitrogens with one attached hydrogen (secondary N) is 1. The van der Waals surface area contributed by atoms with Gasteiger partial charge in [0, 0.05) is 25.7 Å². The summed E-state index contributed by atoms with van der Waals surface area (Å²) in [6.07, 6.45) is 6.36. The second kappa shape index (κ2) is 6.59. The molecule has 25 heavy (non-hydrogen) atoms. The van der Waals surface area contributed by atoms with Crippen LogP contribution in [0.25, 0.3) is 0 Å². The molecule has 1 N–H and O–H groups in total. The van der Waals surface area contributed by atoms with E-state index >= 15 is 0 Å². The minimum absolute atomic E-state index is 0.0942. The lowest BCUT2D eigenvalue weighted by molar-refractivity contribution is 0.0951. The Morgan fingerprint density at radius 2 is 2.24 bits per heavy atom. The van der Waals surface area contributed by atoms with Gasteiger partial charge in [0.15, 0.2) is 5.82 Å². The number of rotatable bonds is 5. The van der Waals surface area contributed by atoms with E-state index in [1.165, 1.54) is 12.8 Å². The number of amides is 1. The van der Waals surface area contributed by atoms with Gasteiger partial charge in [-0.2, -0.15) is 10.1 Å². The first-order valence-electron chi connectivity index (χ1n) is 9.00. The second-order valence-electron chi connectivity index (χ2n) is 6.99. The van der Waals surface area contributed by atoms with Crippen LogP contribution in [0.3, 0.4) is 0 Å². The summed E-state index contributed by atoms with van der Waals surface area (Å²) < 4.78 is 7.40. The fourth-order valence-corrected chi connectivity index (χ4v) is 3.42. The van der Waals surface area contributed by atoms with Gasteiger partial charge < -0.3 is 9.84 Å². The average molecular weight is 344 g/mol. The van der Waals surface area contributed by atoms with E-state index in [-0.39, 0.29) is 18.0 Å². The molecule has 2 atom stereocenters. The second-order valence-corrected chi connectivity index (χ2v) is 6.99. The molecular weight excluding hydrogens is 320 g/mol. The molecule has 134 valence electrons. The molecule has 1 amide bonds. The third kappa shape index (κ3) is 3.30. The molecule has 0 aromatic carbocycles. The van der Waals surface area contributed by atoms with Crippen LogP contribution in [0.2, 0.25) is 0 Å². The molecule has 0 spiro atoms. The van der Waals surface area contributed by atoms with Gasteiger partial charge in [-0.05, 0) is 45.2 Å². The van der Waals surface area contributed by atoms with Gasteiger partial charge in [-0.3, -0.25) is 14.4 Å². The van der Waals surface area contributed by atoms with Gasteiger partial charge >= 0.3 is 0 Å². The Balaban J connectivity index is 1.44. The maximum absolute atomic E-state index is 11.7. The smallest absolute Gasteiger partial charge is 0.271 e. The third-order valence-electron chi connectivity index (χ3n) is 5.18. The lowest BCUT2D eigenvalue weighted by Gasteiger charge is -2.35. The van der Waals surface area contributed by atoms with Crippen LogP contribution >= 0.6 is 0 Å². The number of hydrogen-bond acceptors (Lipinski definition) is 6. The molecule has 8 nitrogen and oxygen atoms in total. The van der Waals surface area contributed by atoms with Crippen LogP contribution in [0, 0.1) is 0 Å². The first kappa shape index (κ1) is 16.3. The molecule has 2 fully saturated rings. The topological polar surface area (TPSA) is 89.1 Å². The van der Waals surface area contributed by atoms with Crippen molar-refractivity contribution in [3.63, 3.8) is 0 Å². The average Bonchev–Trinajstić information content (AvgIpc) is 3.18. The maximum atomic E-state index is 11.7. The Hall–Kier alpha value is -2.22. The van der Waals surface area contributed by atoms with Crippen LogP contribution in [0.5, 0.6) is 0 Å². The van der Waals surface area contributed by atoms with Crippen molar-refractivity contribution in [2.24, 2.45) is 0 Å². The first-order chi connectivity index (χ1) is 12.2. The molecule has 2 aromatic rings. The van der Waals surface area contributed by atoms with E-state index in [4.69, 9.17) is 4.52 Å². The van der Waals surface area contributed by atoms with E-state index in [0.717, 1.165) is 31.8 Å². The van der Waals surface area contributed by atoms with Gasteiger partial charge in [-0.15, -0.1) is 0 Å². The van der Waals surface area contributed by atoms with Crippen LogP contribution in [0.1, 0.15) is 72.8 Å². The summed E-state index contributed by atoms with van der Waals surface area (Å²) in [6.45, 7) is 3.98. The molecule has 0 bridgehead atoms. The van der Waals surface area contributed by atoms with Crippen LogP contribution < -0.4 is 5.32 Å². The molecular formula is C17H24N6O2. The summed E-state index contributed by atoms with van der Waals surface area (Å²) >= 11 is 0. The number of carbonyl (C=O) groups is 1. The predicted octanol–water partition coefficient (Wildman–Crippen LogP) is 1.90. The van der Waals surface area contributed by atoms with Gasteiger partial charge in [-0.1, -0.05) is 5.16 Å². The van der Waals surface area contributed by atoms with Crippen LogP contribution in [-0.4, -0.2) is 50.9 Å². The van der Waals surface area contributed by atoms with Gasteiger partial charge in [0.05, 0.1) is 12.1 Å². The van der Waals surface area contributed by atoms with Crippen molar-refractivity contribution < 1.29 is 9.32 Å².